The number of carbonyl (C=O) groups excluding carboxylic acids is 1. The average molecular weight is 275 g/mol. The molecule has 0 unspecified atom stereocenters. The molecule has 0 aromatic heterocycles. The van der Waals surface area contributed by atoms with Gasteiger partial charge in [-0.2, -0.15) is 0 Å². The molecule has 1 amide bonds. The van der Waals surface area contributed by atoms with Crippen LogP contribution >= 0.6 is 0 Å². The first-order chi connectivity index (χ1) is 8.74. The highest BCUT2D eigenvalue weighted by Gasteiger charge is 2.70. The topological polar surface area (TPSA) is 38.8 Å². The minimum absolute atomic E-state index is 0.199. The lowest BCUT2D eigenvalue weighted by atomic mass is 10.00. The first-order valence-corrected chi connectivity index (χ1v) is 6.68. The minimum Gasteiger partial charge on any atom is -0.376 e. The molecular weight excluding hydrogens is 256 g/mol. The number of fused-ring (bicyclic) bond motifs is 1. The van der Waals surface area contributed by atoms with Crippen LogP contribution < -0.4 is 0 Å². The predicted molar refractivity (Wildman–Crippen MR) is 62.9 cm³/mol. The fourth-order valence-corrected chi connectivity index (χ4v) is 3.18. The number of morpholine rings is 1. The minimum atomic E-state index is -2.85. The number of nitrogens with zero attached hydrogens (tertiary/aromatic N) is 1. The molecular formula is C13H19F2NO3. The van der Waals surface area contributed by atoms with Crippen molar-refractivity contribution in [2.24, 2.45) is 11.8 Å². The smallest absolute Gasteiger partial charge is 0.263 e. The Morgan fingerprint density at radius 3 is 2.53 bits per heavy atom. The molecule has 0 radical (unpaired) electrons. The van der Waals surface area contributed by atoms with Gasteiger partial charge in [0.1, 0.15) is 12.0 Å². The molecule has 0 aromatic rings. The van der Waals surface area contributed by atoms with Gasteiger partial charge in [0.05, 0.1) is 24.9 Å². The lowest BCUT2D eigenvalue weighted by Crippen LogP contribution is -2.60. The van der Waals surface area contributed by atoms with Crippen LogP contribution in [0.4, 0.5) is 8.78 Å². The van der Waals surface area contributed by atoms with Crippen molar-refractivity contribution in [1.82, 2.24) is 4.90 Å². The summed E-state index contributed by atoms with van der Waals surface area (Å²) in [7, 11) is 0. The second-order valence-corrected chi connectivity index (χ2v) is 6.43. The second kappa shape index (κ2) is 3.88. The van der Waals surface area contributed by atoms with Crippen molar-refractivity contribution in [1.29, 1.82) is 0 Å². The number of ether oxygens (including phenoxy) is 2. The maximum absolute atomic E-state index is 13.4. The quantitative estimate of drug-likeness (QED) is 0.724. The van der Waals surface area contributed by atoms with Gasteiger partial charge in [0, 0.05) is 12.5 Å². The molecule has 2 saturated heterocycles. The number of alkyl halides is 2. The number of carbonyl (C=O) groups is 1. The lowest BCUT2D eigenvalue weighted by Gasteiger charge is -2.45. The molecule has 4 nitrogen and oxygen atoms in total. The monoisotopic (exact) mass is 275 g/mol. The van der Waals surface area contributed by atoms with Crippen molar-refractivity contribution in [3.63, 3.8) is 0 Å². The molecule has 2 aliphatic heterocycles. The fourth-order valence-electron chi connectivity index (χ4n) is 3.18. The summed E-state index contributed by atoms with van der Waals surface area (Å²) in [4.78, 5) is 13.9. The van der Waals surface area contributed by atoms with Gasteiger partial charge in [-0.15, -0.1) is 0 Å². The van der Waals surface area contributed by atoms with Gasteiger partial charge in [-0.1, -0.05) is 6.92 Å². The molecule has 4 atom stereocenters. The summed E-state index contributed by atoms with van der Waals surface area (Å²) in [5.41, 5.74) is -0.516. The zero-order valence-corrected chi connectivity index (χ0v) is 11.4. The number of hydrogen-bond acceptors (Lipinski definition) is 3. The summed E-state index contributed by atoms with van der Waals surface area (Å²) in [5, 5.41) is 0. The Hall–Kier alpha value is -0.750. The molecule has 1 saturated carbocycles. The normalized spacial score (nSPS) is 42.9. The highest BCUT2D eigenvalue weighted by Crippen LogP contribution is 2.56. The van der Waals surface area contributed by atoms with Gasteiger partial charge in [-0.25, -0.2) is 8.78 Å². The fraction of sp³-hybridized carbons (Fsp3) is 0.923. The molecule has 3 rings (SSSR count). The van der Waals surface area contributed by atoms with Gasteiger partial charge < -0.3 is 14.4 Å². The summed E-state index contributed by atoms with van der Waals surface area (Å²) in [5.74, 6) is -5.32. The third-order valence-corrected chi connectivity index (χ3v) is 4.38. The van der Waals surface area contributed by atoms with Crippen molar-refractivity contribution in [3.8, 4) is 0 Å². The Morgan fingerprint density at radius 2 is 1.95 bits per heavy atom. The Kier molecular flexibility index (Phi) is 2.71. The molecule has 108 valence electrons. The summed E-state index contributed by atoms with van der Waals surface area (Å²) in [6.07, 6.45) is -0.199. The van der Waals surface area contributed by atoms with Crippen LogP contribution in [0.1, 0.15) is 20.8 Å². The zero-order chi connectivity index (χ0) is 14.0. The molecule has 0 aromatic carbocycles. The Balaban J connectivity index is 1.81. The first kappa shape index (κ1) is 13.2. The maximum Gasteiger partial charge on any atom is 0.263 e. The summed E-state index contributed by atoms with van der Waals surface area (Å²) < 4.78 is 38.0. The SMILES string of the molecule is C[C@@H]1[C@@H](C(=O)N2CC(C)(C)O[C@@H]3COC[C@H]32)C1(F)F. The van der Waals surface area contributed by atoms with E-state index in [0.717, 1.165) is 0 Å². The van der Waals surface area contributed by atoms with Crippen molar-refractivity contribution in [3.05, 3.63) is 0 Å². The van der Waals surface area contributed by atoms with Crippen LogP contribution in [0, 0.1) is 11.8 Å². The van der Waals surface area contributed by atoms with Gasteiger partial charge in [0.2, 0.25) is 5.91 Å². The highest BCUT2D eigenvalue weighted by molar-refractivity contribution is 5.84. The molecule has 6 heteroatoms. The van der Waals surface area contributed by atoms with Crippen LogP contribution in [-0.4, -0.2) is 54.2 Å². The van der Waals surface area contributed by atoms with Crippen LogP contribution in [0.25, 0.3) is 0 Å². The molecule has 3 fully saturated rings. The number of hydrogen-bond donors (Lipinski definition) is 0. The van der Waals surface area contributed by atoms with E-state index in [1.165, 1.54) is 6.92 Å². The molecule has 0 N–H and O–H groups in total. The van der Waals surface area contributed by atoms with E-state index in [2.05, 4.69) is 0 Å². The van der Waals surface area contributed by atoms with Gasteiger partial charge >= 0.3 is 0 Å². The summed E-state index contributed by atoms with van der Waals surface area (Å²) >= 11 is 0. The van der Waals surface area contributed by atoms with Gasteiger partial charge in [0.25, 0.3) is 5.92 Å². The number of halogens is 2. The summed E-state index contributed by atoms with van der Waals surface area (Å²) in [6, 6.07) is -0.218. The van der Waals surface area contributed by atoms with E-state index in [-0.39, 0.29) is 12.1 Å². The van der Waals surface area contributed by atoms with E-state index in [1.54, 1.807) is 4.90 Å². The van der Waals surface area contributed by atoms with E-state index in [1.807, 2.05) is 13.8 Å². The van der Waals surface area contributed by atoms with Crippen molar-refractivity contribution in [2.75, 3.05) is 19.8 Å². The van der Waals surface area contributed by atoms with E-state index < -0.39 is 29.3 Å². The lowest BCUT2D eigenvalue weighted by molar-refractivity contribution is -0.171. The molecule has 0 bridgehead atoms. The van der Waals surface area contributed by atoms with Crippen LogP contribution in [0.2, 0.25) is 0 Å². The van der Waals surface area contributed by atoms with Crippen molar-refractivity contribution >= 4 is 5.91 Å². The highest BCUT2D eigenvalue weighted by atomic mass is 19.3. The van der Waals surface area contributed by atoms with E-state index in [9.17, 15) is 13.6 Å². The molecule has 0 spiro atoms. The molecule has 19 heavy (non-hydrogen) atoms. The van der Waals surface area contributed by atoms with Gasteiger partial charge in [0.15, 0.2) is 0 Å². The van der Waals surface area contributed by atoms with Crippen LogP contribution in [0.15, 0.2) is 0 Å². The number of amides is 1. The molecule has 1 aliphatic carbocycles. The molecule has 2 heterocycles. The molecule has 3 aliphatic rings. The zero-order valence-electron chi connectivity index (χ0n) is 11.4. The van der Waals surface area contributed by atoms with Crippen LogP contribution in [0.5, 0.6) is 0 Å². The predicted octanol–water partition coefficient (Wildman–Crippen LogP) is 1.29. The van der Waals surface area contributed by atoms with Crippen LogP contribution in [0.3, 0.4) is 0 Å². The van der Waals surface area contributed by atoms with E-state index in [0.29, 0.717) is 19.8 Å². The Morgan fingerprint density at radius 1 is 1.32 bits per heavy atom. The Bertz CT molecular complexity index is 413. The first-order valence-electron chi connectivity index (χ1n) is 6.68. The van der Waals surface area contributed by atoms with Crippen LogP contribution in [-0.2, 0) is 14.3 Å². The van der Waals surface area contributed by atoms with Gasteiger partial charge in [-0.3, -0.25) is 4.79 Å². The maximum atomic E-state index is 13.4. The number of rotatable bonds is 1. The third kappa shape index (κ3) is 1.96. The third-order valence-electron chi connectivity index (χ3n) is 4.38. The largest absolute Gasteiger partial charge is 0.376 e. The second-order valence-electron chi connectivity index (χ2n) is 6.43. The average Bonchev–Trinajstić information content (AvgIpc) is 2.64. The van der Waals surface area contributed by atoms with Gasteiger partial charge in [-0.05, 0) is 13.8 Å². The standard InChI is InChI=1S/C13H19F2NO3/c1-7-10(13(7,14)15)11(17)16-6-12(2,3)19-9-5-18-4-8(9)16/h7-10H,4-6H2,1-3H3/t7-,8-,9-,10+/m1/s1. The van der Waals surface area contributed by atoms with E-state index in [4.69, 9.17) is 9.47 Å². The van der Waals surface area contributed by atoms with E-state index >= 15 is 0 Å². The summed E-state index contributed by atoms with van der Waals surface area (Å²) in [6.45, 7) is 6.31. The van der Waals surface area contributed by atoms with Crippen molar-refractivity contribution in [2.45, 2.75) is 44.4 Å². The Labute approximate surface area is 111 Å². The van der Waals surface area contributed by atoms with Crippen molar-refractivity contribution < 1.29 is 23.0 Å².